The number of carboxylic acids is 1. The number of aliphatic carboxylic acids is 1. The fourth-order valence-electron chi connectivity index (χ4n) is 3.67. The SMILES string of the molecule is COc1ccc(-c2csc(NC(=O)[C@H]3CCCCN3S(=O)(=O)c3cc(Cl)ccc3F)n2)cc1.O=C(O)C(F)(F)F. The highest BCUT2D eigenvalue weighted by atomic mass is 35.5. The number of aromatic nitrogens is 1. The molecule has 0 unspecified atom stereocenters. The van der Waals surface area contributed by atoms with Gasteiger partial charge >= 0.3 is 12.1 Å². The highest BCUT2D eigenvalue weighted by molar-refractivity contribution is 7.89. The predicted molar refractivity (Wildman–Crippen MR) is 139 cm³/mol. The first kappa shape index (κ1) is 31.3. The Labute approximate surface area is 235 Å². The standard InChI is InChI=1S/C22H21ClFN3O4S2.C2HF3O2/c1-31-16-8-5-14(6-9-16)18-13-32-22(25-18)26-21(28)19-4-2-3-11-27(19)33(29,30)20-12-15(23)7-10-17(20)24;3-2(4,5)1(6)7/h5-10,12-13,19H,2-4,11H2,1H3,(H,25,26,28);(H,6,7)/t19-;/m1./s1. The van der Waals surface area contributed by atoms with Gasteiger partial charge in [-0.1, -0.05) is 18.0 Å². The molecule has 16 heteroatoms. The van der Waals surface area contributed by atoms with E-state index in [1.54, 1.807) is 12.5 Å². The van der Waals surface area contributed by atoms with Gasteiger partial charge in [0.1, 0.15) is 22.5 Å². The van der Waals surface area contributed by atoms with Crippen LogP contribution in [0, 0.1) is 5.82 Å². The number of hydrogen-bond donors (Lipinski definition) is 2. The summed E-state index contributed by atoms with van der Waals surface area (Å²) in [6.07, 6.45) is -3.51. The molecular weight excluding hydrogens is 602 g/mol. The van der Waals surface area contributed by atoms with Crippen molar-refractivity contribution in [2.45, 2.75) is 36.4 Å². The Hall–Kier alpha value is -3.27. The molecule has 1 aliphatic heterocycles. The average molecular weight is 624 g/mol. The van der Waals surface area contributed by atoms with Gasteiger partial charge in [-0.2, -0.15) is 17.5 Å². The lowest BCUT2D eigenvalue weighted by Crippen LogP contribution is -2.50. The number of alkyl halides is 3. The molecule has 1 aliphatic rings. The Bertz CT molecular complexity index is 1470. The molecule has 3 aromatic rings. The van der Waals surface area contributed by atoms with Crippen molar-refractivity contribution in [1.82, 2.24) is 9.29 Å². The number of amides is 1. The first-order valence-corrected chi connectivity index (χ1v) is 14.1. The number of benzene rings is 2. The summed E-state index contributed by atoms with van der Waals surface area (Å²) < 4.78 is 78.7. The third-order valence-corrected chi connectivity index (χ3v) is 8.51. The van der Waals surface area contributed by atoms with Crippen molar-refractivity contribution in [3.05, 3.63) is 58.7 Å². The van der Waals surface area contributed by atoms with Crippen LogP contribution in [0.5, 0.6) is 5.75 Å². The van der Waals surface area contributed by atoms with Crippen LogP contribution in [0.2, 0.25) is 5.02 Å². The molecule has 2 N–H and O–H groups in total. The van der Waals surface area contributed by atoms with Crippen molar-refractivity contribution in [3.8, 4) is 17.0 Å². The molecule has 9 nitrogen and oxygen atoms in total. The number of rotatable bonds is 6. The molecule has 4 rings (SSSR count). The molecule has 0 radical (unpaired) electrons. The van der Waals surface area contributed by atoms with Gasteiger partial charge in [0.05, 0.1) is 12.8 Å². The van der Waals surface area contributed by atoms with Crippen molar-refractivity contribution < 1.29 is 45.4 Å². The van der Waals surface area contributed by atoms with Crippen molar-refractivity contribution >= 4 is 50.0 Å². The van der Waals surface area contributed by atoms with Gasteiger partial charge in [-0.3, -0.25) is 4.79 Å². The molecule has 0 bridgehead atoms. The summed E-state index contributed by atoms with van der Waals surface area (Å²) in [6.45, 7) is 0.112. The Morgan fingerprint density at radius 2 is 1.82 bits per heavy atom. The van der Waals surface area contributed by atoms with Gasteiger partial charge in [-0.05, 0) is 55.3 Å². The largest absolute Gasteiger partial charge is 0.497 e. The lowest BCUT2D eigenvalue weighted by molar-refractivity contribution is -0.192. The number of methoxy groups -OCH3 is 1. The topological polar surface area (TPSA) is 126 Å². The number of piperidine rings is 1. The van der Waals surface area contributed by atoms with Crippen molar-refractivity contribution in [1.29, 1.82) is 0 Å². The van der Waals surface area contributed by atoms with Crippen LogP contribution in [0.25, 0.3) is 11.3 Å². The minimum absolute atomic E-state index is 0.0989. The zero-order valence-corrected chi connectivity index (χ0v) is 23.0. The minimum atomic E-state index is -5.08. The van der Waals surface area contributed by atoms with E-state index in [0.717, 1.165) is 27.8 Å². The maximum Gasteiger partial charge on any atom is 0.490 e. The second-order valence-electron chi connectivity index (χ2n) is 8.26. The fraction of sp³-hybridized carbons (Fsp3) is 0.292. The highest BCUT2D eigenvalue weighted by Crippen LogP contribution is 2.31. The van der Waals surface area contributed by atoms with Crippen LogP contribution in [0.3, 0.4) is 0 Å². The number of sulfonamides is 1. The molecule has 1 saturated heterocycles. The molecule has 0 aliphatic carbocycles. The lowest BCUT2D eigenvalue weighted by Gasteiger charge is -2.33. The highest BCUT2D eigenvalue weighted by Gasteiger charge is 2.39. The van der Waals surface area contributed by atoms with E-state index in [1.165, 1.54) is 17.4 Å². The van der Waals surface area contributed by atoms with Gasteiger partial charge in [0.25, 0.3) is 0 Å². The minimum Gasteiger partial charge on any atom is -0.497 e. The number of anilines is 1. The summed E-state index contributed by atoms with van der Waals surface area (Å²) in [6, 6.07) is 9.71. The number of carbonyl (C=O) groups is 2. The predicted octanol–water partition coefficient (Wildman–Crippen LogP) is 5.43. The summed E-state index contributed by atoms with van der Waals surface area (Å²) in [4.78, 5) is 25.9. The Balaban J connectivity index is 0.000000559. The van der Waals surface area contributed by atoms with Gasteiger partial charge in [0.15, 0.2) is 5.13 Å². The summed E-state index contributed by atoms with van der Waals surface area (Å²) in [5.74, 6) is -3.45. The fourth-order valence-corrected chi connectivity index (χ4v) is 6.38. The number of carbonyl (C=O) groups excluding carboxylic acids is 1. The smallest absolute Gasteiger partial charge is 0.490 e. The number of ether oxygens (including phenoxy) is 1. The van der Waals surface area contributed by atoms with Crippen LogP contribution >= 0.6 is 22.9 Å². The van der Waals surface area contributed by atoms with Gasteiger partial charge < -0.3 is 15.2 Å². The molecule has 0 saturated carbocycles. The molecule has 1 atom stereocenters. The second kappa shape index (κ2) is 12.9. The zero-order chi connectivity index (χ0) is 29.7. The number of hydrogen-bond acceptors (Lipinski definition) is 7. The summed E-state index contributed by atoms with van der Waals surface area (Å²) >= 11 is 7.13. The second-order valence-corrected chi connectivity index (χ2v) is 11.4. The van der Waals surface area contributed by atoms with E-state index in [-0.39, 0.29) is 11.6 Å². The third-order valence-electron chi connectivity index (χ3n) is 5.60. The number of thiazole rings is 1. The summed E-state index contributed by atoms with van der Waals surface area (Å²) in [5.41, 5.74) is 1.53. The van der Waals surface area contributed by atoms with Crippen molar-refractivity contribution in [2.75, 3.05) is 19.0 Å². The van der Waals surface area contributed by atoms with Gasteiger partial charge in [0, 0.05) is 22.5 Å². The Morgan fingerprint density at radius 1 is 1.18 bits per heavy atom. The molecule has 0 spiro atoms. The number of nitrogens with one attached hydrogen (secondary N) is 1. The van der Waals surface area contributed by atoms with E-state index in [0.29, 0.717) is 30.1 Å². The Morgan fingerprint density at radius 3 is 2.42 bits per heavy atom. The van der Waals surface area contributed by atoms with Crippen LogP contribution in [0.4, 0.5) is 22.7 Å². The molecule has 2 heterocycles. The van der Waals surface area contributed by atoms with Crippen LogP contribution in [-0.2, 0) is 19.6 Å². The molecule has 216 valence electrons. The van der Waals surface area contributed by atoms with E-state index < -0.39 is 44.8 Å². The molecular formula is C24H22ClF4N3O6S2. The van der Waals surface area contributed by atoms with Crippen LogP contribution < -0.4 is 10.1 Å². The maximum atomic E-state index is 14.3. The quantitative estimate of drug-likeness (QED) is 0.351. The molecule has 1 amide bonds. The average Bonchev–Trinajstić information content (AvgIpc) is 3.38. The normalized spacial score (nSPS) is 16.0. The van der Waals surface area contributed by atoms with Crippen LogP contribution in [0.15, 0.2) is 52.7 Å². The van der Waals surface area contributed by atoms with Gasteiger partial charge in [0.2, 0.25) is 15.9 Å². The molecule has 40 heavy (non-hydrogen) atoms. The number of carboxylic acid groups (broad SMARTS) is 1. The van der Waals surface area contributed by atoms with Crippen molar-refractivity contribution in [2.24, 2.45) is 0 Å². The first-order chi connectivity index (χ1) is 18.7. The van der Waals surface area contributed by atoms with Crippen LogP contribution in [0.1, 0.15) is 19.3 Å². The lowest BCUT2D eigenvalue weighted by atomic mass is 10.0. The first-order valence-electron chi connectivity index (χ1n) is 11.4. The zero-order valence-electron chi connectivity index (χ0n) is 20.6. The Kier molecular flexibility index (Phi) is 10.1. The third kappa shape index (κ3) is 7.68. The summed E-state index contributed by atoms with van der Waals surface area (Å²) in [5, 5.41) is 12.1. The van der Waals surface area contributed by atoms with Gasteiger partial charge in [-0.15, -0.1) is 11.3 Å². The van der Waals surface area contributed by atoms with E-state index in [4.69, 9.17) is 26.2 Å². The number of halogens is 5. The molecule has 1 aromatic heterocycles. The van der Waals surface area contributed by atoms with E-state index in [1.807, 2.05) is 24.3 Å². The van der Waals surface area contributed by atoms with E-state index >= 15 is 0 Å². The van der Waals surface area contributed by atoms with Crippen molar-refractivity contribution in [3.63, 3.8) is 0 Å². The van der Waals surface area contributed by atoms with E-state index in [9.17, 15) is 30.8 Å². The van der Waals surface area contributed by atoms with E-state index in [2.05, 4.69) is 10.3 Å². The molecule has 2 aromatic carbocycles. The molecule has 1 fully saturated rings. The monoisotopic (exact) mass is 623 g/mol. The maximum absolute atomic E-state index is 14.3. The number of nitrogens with zero attached hydrogens (tertiary/aromatic N) is 2. The van der Waals surface area contributed by atoms with Gasteiger partial charge in [-0.25, -0.2) is 22.6 Å². The summed E-state index contributed by atoms with van der Waals surface area (Å²) in [7, 11) is -2.68. The van der Waals surface area contributed by atoms with Crippen LogP contribution in [-0.4, -0.2) is 60.6 Å².